The van der Waals surface area contributed by atoms with Crippen LogP contribution in [0.25, 0.3) is 11.1 Å². The van der Waals surface area contributed by atoms with E-state index in [-0.39, 0.29) is 24.8 Å². The largest absolute Gasteiger partial charge is 0.444 e. The zero-order valence-electron chi connectivity index (χ0n) is 21.7. The maximum Gasteiger partial charge on any atom is 0.414 e. The highest BCUT2D eigenvalue weighted by Crippen LogP contribution is 2.30. The molecule has 3 aliphatic heterocycles. The van der Waals surface area contributed by atoms with Gasteiger partial charge in [-0.1, -0.05) is 0 Å². The normalized spacial score (nSPS) is 22.1. The van der Waals surface area contributed by atoms with Crippen LogP contribution in [-0.4, -0.2) is 98.8 Å². The van der Waals surface area contributed by atoms with Gasteiger partial charge in [-0.25, -0.2) is 14.2 Å². The number of rotatable bonds is 9. The third kappa shape index (κ3) is 6.35. The lowest BCUT2D eigenvalue weighted by Gasteiger charge is -2.37. The van der Waals surface area contributed by atoms with Gasteiger partial charge in [0.2, 0.25) is 5.91 Å². The molecular formula is C27H33FN6O5. The van der Waals surface area contributed by atoms with Crippen LogP contribution in [0.1, 0.15) is 12.8 Å². The number of primary amides is 1. The summed E-state index contributed by atoms with van der Waals surface area (Å²) in [6.45, 7) is 5.29. The van der Waals surface area contributed by atoms with E-state index in [9.17, 15) is 14.4 Å². The summed E-state index contributed by atoms with van der Waals surface area (Å²) >= 11 is 0. The van der Waals surface area contributed by atoms with Gasteiger partial charge in [0.1, 0.15) is 23.8 Å². The smallest absolute Gasteiger partial charge is 0.414 e. The third-order valence-electron chi connectivity index (χ3n) is 7.30. The number of ether oxygens (including phenoxy) is 2. The minimum absolute atomic E-state index is 0.110. The van der Waals surface area contributed by atoms with Crippen LogP contribution in [-0.2, 0) is 19.1 Å². The fourth-order valence-electron chi connectivity index (χ4n) is 5.16. The number of piperazine rings is 1. The van der Waals surface area contributed by atoms with E-state index in [1.807, 2.05) is 11.0 Å². The van der Waals surface area contributed by atoms with Gasteiger partial charge in [0.15, 0.2) is 5.78 Å². The topological polar surface area (TPSA) is 130 Å². The maximum absolute atomic E-state index is 15.2. The highest BCUT2D eigenvalue weighted by molar-refractivity contribution is 5.90. The van der Waals surface area contributed by atoms with Gasteiger partial charge in [-0.3, -0.25) is 19.4 Å². The molecule has 11 nitrogen and oxygen atoms in total. The van der Waals surface area contributed by atoms with Crippen LogP contribution in [0.4, 0.5) is 20.7 Å². The number of carbonyl (C=O) groups is 3. The van der Waals surface area contributed by atoms with Crippen molar-refractivity contribution in [1.29, 1.82) is 0 Å². The fourth-order valence-corrected chi connectivity index (χ4v) is 5.16. The zero-order valence-corrected chi connectivity index (χ0v) is 21.7. The number of cyclic esters (lactones) is 1. The predicted molar refractivity (Wildman–Crippen MR) is 142 cm³/mol. The number of hydrogen-bond donors (Lipinski definition) is 2. The number of ketones is 1. The lowest BCUT2D eigenvalue weighted by molar-refractivity contribution is -0.122. The standard InChI is InChI=1S/C27H33FN6O5/c28-22-13-19(34-16-20(39-27(34)37)3-5-25(29)36)2-4-21(22)18-1-6-26(31-14-18)33-8-7-30-15-23(33)24(35)17-32-9-11-38-12-10-32/h1-2,4,6,13-14,20,23,30H,3,5,7-12,15-17H2,(H2,29,36). The zero-order chi connectivity index (χ0) is 27.4. The first kappa shape index (κ1) is 27.0. The summed E-state index contributed by atoms with van der Waals surface area (Å²) in [6, 6.07) is 7.81. The molecule has 2 atom stereocenters. The number of halogens is 1. The maximum atomic E-state index is 15.2. The highest BCUT2D eigenvalue weighted by Gasteiger charge is 2.33. The number of nitrogens with zero attached hydrogens (tertiary/aromatic N) is 4. The van der Waals surface area contributed by atoms with Gasteiger partial charge in [0.25, 0.3) is 0 Å². The molecule has 4 heterocycles. The Hall–Kier alpha value is -3.61. The predicted octanol–water partition coefficient (Wildman–Crippen LogP) is 1.16. The molecule has 5 rings (SSSR count). The molecule has 3 aliphatic rings. The van der Waals surface area contributed by atoms with E-state index >= 15 is 4.39 Å². The summed E-state index contributed by atoms with van der Waals surface area (Å²) in [6.07, 6.45) is 0.973. The first-order chi connectivity index (χ1) is 18.9. The number of pyridine rings is 1. The summed E-state index contributed by atoms with van der Waals surface area (Å²) in [5.74, 6) is -0.170. The summed E-state index contributed by atoms with van der Waals surface area (Å²) in [4.78, 5) is 46.5. The molecule has 12 heteroatoms. The van der Waals surface area contributed by atoms with Crippen molar-refractivity contribution in [3.63, 3.8) is 0 Å². The van der Waals surface area contributed by atoms with Gasteiger partial charge in [-0.15, -0.1) is 0 Å². The molecule has 3 saturated heterocycles. The first-order valence-electron chi connectivity index (χ1n) is 13.2. The molecule has 0 saturated carbocycles. The molecule has 0 aliphatic carbocycles. The Morgan fingerprint density at radius 1 is 1.15 bits per heavy atom. The van der Waals surface area contributed by atoms with Crippen LogP contribution in [0, 0.1) is 5.82 Å². The lowest BCUT2D eigenvalue weighted by atomic mass is 10.0. The number of carbonyl (C=O) groups excluding carboxylic acids is 3. The second kappa shape index (κ2) is 12.1. The van der Waals surface area contributed by atoms with Crippen molar-refractivity contribution < 1.29 is 28.2 Å². The van der Waals surface area contributed by atoms with Crippen molar-refractivity contribution in [2.24, 2.45) is 5.73 Å². The Morgan fingerprint density at radius 3 is 2.69 bits per heavy atom. The number of benzene rings is 1. The van der Waals surface area contributed by atoms with E-state index in [0.717, 1.165) is 19.6 Å². The van der Waals surface area contributed by atoms with Crippen molar-refractivity contribution in [1.82, 2.24) is 15.2 Å². The quantitative estimate of drug-likeness (QED) is 0.481. The number of aromatic nitrogens is 1. The van der Waals surface area contributed by atoms with E-state index in [1.165, 1.54) is 11.0 Å². The van der Waals surface area contributed by atoms with Crippen LogP contribution in [0.2, 0.25) is 0 Å². The molecular weight excluding hydrogens is 507 g/mol. The van der Waals surface area contributed by atoms with Crippen LogP contribution < -0.4 is 20.9 Å². The number of anilines is 2. The fraction of sp³-hybridized carbons (Fsp3) is 0.481. The Bertz CT molecular complexity index is 1210. The molecule has 0 spiro atoms. The summed E-state index contributed by atoms with van der Waals surface area (Å²) in [5.41, 5.74) is 6.47. The second-order valence-corrected chi connectivity index (χ2v) is 9.96. The summed E-state index contributed by atoms with van der Waals surface area (Å²) in [5, 5.41) is 3.30. The molecule has 2 amide bonds. The van der Waals surface area contributed by atoms with Gasteiger partial charge in [-0.05, 0) is 36.8 Å². The molecule has 0 bridgehead atoms. The van der Waals surface area contributed by atoms with E-state index in [0.29, 0.717) is 61.9 Å². The van der Waals surface area contributed by atoms with Gasteiger partial charge in [0.05, 0.1) is 32.0 Å². The molecule has 2 aromatic rings. The number of hydrogen-bond acceptors (Lipinski definition) is 9. The molecule has 1 aromatic heterocycles. The molecule has 208 valence electrons. The number of amides is 2. The van der Waals surface area contributed by atoms with E-state index in [1.54, 1.807) is 24.4 Å². The van der Waals surface area contributed by atoms with Gasteiger partial charge >= 0.3 is 6.09 Å². The van der Waals surface area contributed by atoms with E-state index in [4.69, 9.17) is 15.2 Å². The van der Waals surface area contributed by atoms with Crippen LogP contribution >= 0.6 is 0 Å². The molecule has 2 unspecified atom stereocenters. The highest BCUT2D eigenvalue weighted by atomic mass is 19.1. The minimum Gasteiger partial charge on any atom is -0.444 e. The SMILES string of the molecule is NC(=O)CCC1CN(c2ccc(-c3ccc(N4CCNCC4C(=O)CN4CCOCC4)nc3)c(F)c2)C(=O)O1. The first-order valence-corrected chi connectivity index (χ1v) is 13.2. The lowest BCUT2D eigenvalue weighted by Crippen LogP contribution is -2.57. The van der Waals surface area contributed by atoms with Crippen molar-refractivity contribution in [2.75, 3.05) is 68.8 Å². The molecule has 0 radical (unpaired) electrons. The van der Waals surface area contributed by atoms with Crippen LogP contribution in [0.15, 0.2) is 36.5 Å². The van der Waals surface area contributed by atoms with Gasteiger partial charge < -0.3 is 25.4 Å². The molecule has 3 N–H and O–H groups in total. The average Bonchev–Trinajstić information content (AvgIpc) is 3.33. The summed E-state index contributed by atoms with van der Waals surface area (Å²) in [7, 11) is 0. The second-order valence-electron chi connectivity index (χ2n) is 9.96. The average molecular weight is 541 g/mol. The number of Topliss-reactive ketones (excluding diaryl/α,β-unsaturated/α-hetero) is 1. The van der Waals surface area contributed by atoms with Gasteiger partial charge in [0, 0.05) is 56.5 Å². The van der Waals surface area contributed by atoms with Crippen molar-refractivity contribution in [3.8, 4) is 11.1 Å². The van der Waals surface area contributed by atoms with Crippen molar-refractivity contribution >= 4 is 29.3 Å². The van der Waals surface area contributed by atoms with Crippen molar-refractivity contribution in [3.05, 3.63) is 42.3 Å². The summed E-state index contributed by atoms with van der Waals surface area (Å²) < 4.78 is 25.8. The van der Waals surface area contributed by atoms with Crippen LogP contribution in [0.5, 0.6) is 0 Å². The molecule has 1 aromatic carbocycles. The third-order valence-corrected chi connectivity index (χ3v) is 7.30. The Morgan fingerprint density at radius 2 is 1.97 bits per heavy atom. The number of morpholine rings is 1. The van der Waals surface area contributed by atoms with Gasteiger partial charge in [-0.2, -0.15) is 0 Å². The Balaban J connectivity index is 1.26. The Labute approximate surface area is 226 Å². The minimum atomic E-state index is -0.587. The monoisotopic (exact) mass is 540 g/mol. The molecule has 3 fully saturated rings. The van der Waals surface area contributed by atoms with E-state index < -0.39 is 23.9 Å². The van der Waals surface area contributed by atoms with Crippen molar-refractivity contribution in [2.45, 2.75) is 25.0 Å². The number of nitrogens with two attached hydrogens (primary N) is 1. The number of nitrogens with one attached hydrogen (secondary N) is 1. The Kier molecular flexibility index (Phi) is 8.34. The van der Waals surface area contributed by atoms with E-state index in [2.05, 4.69) is 15.2 Å². The van der Waals surface area contributed by atoms with Crippen LogP contribution in [0.3, 0.4) is 0 Å². The molecule has 39 heavy (non-hydrogen) atoms.